The molecule has 0 aliphatic carbocycles. The molecule has 0 saturated heterocycles. The van der Waals surface area contributed by atoms with Crippen LogP contribution >= 0.6 is 11.8 Å². The van der Waals surface area contributed by atoms with E-state index in [0.29, 0.717) is 5.82 Å². The monoisotopic (exact) mass is 241 g/mol. The summed E-state index contributed by atoms with van der Waals surface area (Å²) in [6, 6.07) is 0. The molecule has 16 heavy (non-hydrogen) atoms. The van der Waals surface area contributed by atoms with Gasteiger partial charge in [0, 0.05) is 12.3 Å². The zero-order valence-corrected chi connectivity index (χ0v) is 10.6. The molecule has 1 heterocycles. The standard InChI is InChI=1S/C10H19N5S/c1-3-15(4-2)5-6-16-10-8-12-7-9(13-10)14-11/h7-8H,3-6,11H2,1-2H3,(H,13,14). The van der Waals surface area contributed by atoms with Crippen LogP contribution in [-0.4, -0.2) is 40.3 Å². The summed E-state index contributed by atoms with van der Waals surface area (Å²) in [4.78, 5) is 10.7. The summed E-state index contributed by atoms with van der Waals surface area (Å²) in [5, 5.41) is 0.905. The molecule has 1 aromatic heterocycles. The molecule has 0 atom stereocenters. The third kappa shape index (κ3) is 4.34. The summed E-state index contributed by atoms with van der Waals surface area (Å²) in [5.74, 6) is 6.89. The number of hydrazine groups is 1. The summed E-state index contributed by atoms with van der Waals surface area (Å²) >= 11 is 1.70. The number of rotatable bonds is 7. The Bertz CT molecular complexity index is 303. The third-order valence-corrected chi connectivity index (χ3v) is 3.19. The van der Waals surface area contributed by atoms with Crippen molar-refractivity contribution in [3.05, 3.63) is 12.4 Å². The fourth-order valence-electron chi connectivity index (χ4n) is 1.31. The summed E-state index contributed by atoms with van der Waals surface area (Å²) < 4.78 is 0. The highest BCUT2D eigenvalue weighted by atomic mass is 32.2. The minimum absolute atomic E-state index is 0.604. The Morgan fingerprint density at radius 1 is 1.38 bits per heavy atom. The van der Waals surface area contributed by atoms with Gasteiger partial charge in [-0.05, 0) is 13.1 Å². The Morgan fingerprint density at radius 2 is 2.12 bits per heavy atom. The fraction of sp³-hybridized carbons (Fsp3) is 0.600. The Morgan fingerprint density at radius 3 is 2.75 bits per heavy atom. The van der Waals surface area contributed by atoms with Gasteiger partial charge >= 0.3 is 0 Å². The molecule has 0 spiro atoms. The highest BCUT2D eigenvalue weighted by molar-refractivity contribution is 7.99. The molecule has 1 aromatic rings. The molecule has 0 saturated carbocycles. The second-order valence-electron chi connectivity index (χ2n) is 3.26. The Balaban J connectivity index is 2.36. The van der Waals surface area contributed by atoms with Gasteiger partial charge in [0.1, 0.15) is 5.03 Å². The zero-order chi connectivity index (χ0) is 11.8. The van der Waals surface area contributed by atoms with E-state index in [2.05, 4.69) is 34.1 Å². The minimum atomic E-state index is 0.604. The van der Waals surface area contributed by atoms with Crippen LogP contribution < -0.4 is 11.3 Å². The Hall–Kier alpha value is -0.850. The van der Waals surface area contributed by atoms with Gasteiger partial charge < -0.3 is 10.3 Å². The molecule has 5 nitrogen and oxygen atoms in total. The van der Waals surface area contributed by atoms with Crippen LogP contribution in [0.5, 0.6) is 0 Å². The fourth-order valence-corrected chi connectivity index (χ4v) is 2.16. The molecule has 0 aromatic carbocycles. The average molecular weight is 241 g/mol. The third-order valence-electron chi connectivity index (χ3n) is 2.31. The van der Waals surface area contributed by atoms with Crippen LogP contribution in [0.25, 0.3) is 0 Å². The lowest BCUT2D eigenvalue weighted by molar-refractivity contribution is 0.324. The van der Waals surface area contributed by atoms with Gasteiger partial charge in [-0.25, -0.2) is 10.8 Å². The Labute approximate surface area is 101 Å². The number of nitrogens with one attached hydrogen (secondary N) is 1. The molecule has 0 unspecified atom stereocenters. The maximum atomic E-state index is 5.27. The van der Waals surface area contributed by atoms with Crippen molar-refractivity contribution in [3.63, 3.8) is 0 Å². The first-order valence-corrected chi connectivity index (χ1v) is 6.42. The smallest absolute Gasteiger partial charge is 0.159 e. The van der Waals surface area contributed by atoms with E-state index in [-0.39, 0.29) is 0 Å². The van der Waals surface area contributed by atoms with Gasteiger partial charge in [0.05, 0.1) is 12.4 Å². The van der Waals surface area contributed by atoms with Crippen molar-refractivity contribution in [2.75, 3.05) is 30.8 Å². The van der Waals surface area contributed by atoms with Crippen molar-refractivity contribution in [1.82, 2.24) is 14.9 Å². The normalized spacial score (nSPS) is 10.8. The van der Waals surface area contributed by atoms with Crippen LogP contribution in [0, 0.1) is 0 Å². The number of nitrogen functional groups attached to an aromatic ring is 1. The number of nitrogens with two attached hydrogens (primary N) is 1. The molecule has 90 valence electrons. The predicted molar refractivity (Wildman–Crippen MR) is 68.4 cm³/mol. The molecular weight excluding hydrogens is 222 g/mol. The topological polar surface area (TPSA) is 67.1 Å². The molecule has 0 aliphatic heterocycles. The summed E-state index contributed by atoms with van der Waals surface area (Å²) in [7, 11) is 0. The molecule has 3 N–H and O–H groups in total. The van der Waals surface area contributed by atoms with Crippen LogP contribution in [0.2, 0.25) is 0 Å². The number of hydrogen-bond donors (Lipinski definition) is 2. The van der Waals surface area contributed by atoms with Crippen LogP contribution in [0.3, 0.4) is 0 Å². The summed E-state index contributed by atoms with van der Waals surface area (Å²) in [5.41, 5.74) is 2.49. The molecule has 0 radical (unpaired) electrons. The molecule has 0 bridgehead atoms. The van der Waals surface area contributed by atoms with Crippen molar-refractivity contribution in [2.45, 2.75) is 18.9 Å². The number of nitrogens with zero attached hydrogens (tertiary/aromatic N) is 3. The van der Waals surface area contributed by atoms with E-state index in [1.165, 1.54) is 0 Å². The first-order valence-electron chi connectivity index (χ1n) is 5.44. The molecule has 1 rings (SSSR count). The van der Waals surface area contributed by atoms with Gasteiger partial charge in [-0.3, -0.25) is 4.98 Å². The zero-order valence-electron chi connectivity index (χ0n) is 9.81. The molecule has 0 amide bonds. The van der Waals surface area contributed by atoms with Gasteiger partial charge in [-0.2, -0.15) is 0 Å². The summed E-state index contributed by atoms with van der Waals surface area (Å²) in [6.07, 6.45) is 3.36. The average Bonchev–Trinajstić information content (AvgIpc) is 2.35. The number of anilines is 1. The van der Waals surface area contributed by atoms with Crippen LogP contribution in [0.15, 0.2) is 17.4 Å². The minimum Gasteiger partial charge on any atom is -0.307 e. The van der Waals surface area contributed by atoms with Crippen LogP contribution in [-0.2, 0) is 0 Å². The first-order chi connectivity index (χ1) is 7.80. The van der Waals surface area contributed by atoms with Crippen molar-refractivity contribution >= 4 is 17.6 Å². The first kappa shape index (κ1) is 13.2. The van der Waals surface area contributed by atoms with Gasteiger partial charge in [0.25, 0.3) is 0 Å². The highest BCUT2D eigenvalue weighted by Crippen LogP contribution is 2.15. The molecule has 6 heteroatoms. The summed E-state index contributed by atoms with van der Waals surface area (Å²) in [6.45, 7) is 7.60. The largest absolute Gasteiger partial charge is 0.307 e. The maximum absolute atomic E-state index is 5.27. The highest BCUT2D eigenvalue weighted by Gasteiger charge is 2.01. The van der Waals surface area contributed by atoms with E-state index in [9.17, 15) is 0 Å². The number of thioether (sulfide) groups is 1. The van der Waals surface area contributed by atoms with Crippen LogP contribution in [0.1, 0.15) is 13.8 Å². The van der Waals surface area contributed by atoms with E-state index in [0.717, 1.165) is 30.4 Å². The van der Waals surface area contributed by atoms with Crippen molar-refractivity contribution in [2.24, 2.45) is 5.84 Å². The van der Waals surface area contributed by atoms with Crippen molar-refractivity contribution in [1.29, 1.82) is 0 Å². The van der Waals surface area contributed by atoms with Crippen LogP contribution in [0.4, 0.5) is 5.82 Å². The number of hydrogen-bond acceptors (Lipinski definition) is 6. The van der Waals surface area contributed by atoms with E-state index in [1.807, 2.05) is 0 Å². The lowest BCUT2D eigenvalue weighted by atomic mass is 10.5. The molecular formula is C10H19N5S. The van der Waals surface area contributed by atoms with Gasteiger partial charge in [0.2, 0.25) is 0 Å². The van der Waals surface area contributed by atoms with Gasteiger partial charge in [0.15, 0.2) is 5.82 Å². The van der Waals surface area contributed by atoms with Gasteiger partial charge in [-0.15, -0.1) is 11.8 Å². The Kier molecular flexibility index (Phi) is 6.14. The quantitative estimate of drug-likeness (QED) is 0.425. The molecule has 0 aliphatic rings. The van der Waals surface area contributed by atoms with Crippen molar-refractivity contribution < 1.29 is 0 Å². The second kappa shape index (κ2) is 7.43. The molecule has 0 fully saturated rings. The lowest BCUT2D eigenvalue weighted by Gasteiger charge is -2.16. The van der Waals surface area contributed by atoms with Gasteiger partial charge in [-0.1, -0.05) is 13.8 Å². The predicted octanol–water partition coefficient (Wildman–Crippen LogP) is 1.20. The van der Waals surface area contributed by atoms with E-state index < -0.39 is 0 Å². The van der Waals surface area contributed by atoms with E-state index in [1.54, 1.807) is 24.2 Å². The van der Waals surface area contributed by atoms with Crippen molar-refractivity contribution in [3.8, 4) is 0 Å². The van der Waals surface area contributed by atoms with E-state index in [4.69, 9.17) is 5.84 Å². The maximum Gasteiger partial charge on any atom is 0.159 e. The number of aromatic nitrogens is 2. The van der Waals surface area contributed by atoms with E-state index >= 15 is 0 Å². The SMILES string of the molecule is CCN(CC)CCSc1cncc(NN)n1. The second-order valence-corrected chi connectivity index (χ2v) is 4.38. The lowest BCUT2D eigenvalue weighted by Crippen LogP contribution is -2.25.